The number of anilines is 1. The molecule has 0 atom stereocenters. The minimum absolute atomic E-state index is 0.110. The Morgan fingerprint density at radius 3 is 2.80 bits per heavy atom. The molecule has 2 rings (SSSR count). The Morgan fingerprint density at radius 2 is 2.27 bits per heavy atom. The Hall–Kier alpha value is -1.58. The van der Waals surface area contributed by atoms with Crippen LogP contribution in [0.1, 0.15) is 29.8 Å². The number of pyridine rings is 1. The van der Waals surface area contributed by atoms with Gasteiger partial charge in [0.25, 0.3) is 0 Å². The summed E-state index contributed by atoms with van der Waals surface area (Å²) in [5.74, 6) is -0.224. The Bertz CT molecular complexity index is 375. The maximum Gasteiger partial charge on any atom is 0.354 e. The van der Waals surface area contributed by atoms with Crippen LogP contribution < -0.4 is 4.90 Å². The molecule has 0 amide bonds. The molecule has 0 bridgehead atoms. The largest absolute Gasteiger partial charge is 0.477 e. The minimum atomic E-state index is -0.973. The first-order chi connectivity index (χ1) is 7.18. The molecule has 0 unspecified atom stereocenters. The van der Waals surface area contributed by atoms with Crippen LogP contribution in [0.5, 0.6) is 0 Å². The van der Waals surface area contributed by atoms with Crippen molar-refractivity contribution < 1.29 is 9.90 Å². The van der Waals surface area contributed by atoms with Crippen LogP contribution in [0.4, 0.5) is 5.82 Å². The molecule has 1 aliphatic rings. The first-order valence-electron chi connectivity index (χ1n) is 5.11. The highest BCUT2D eigenvalue weighted by molar-refractivity contribution is 5.85. The third-order valence-electron chi connectivity index (χ3n) is 2.94. The average Bonchev–Trinajstić information content (AvgIpc) is 2.15. The maximum absolute atomic E-state index is 10.7. The summed E-state index contributed by atoms with van der Waals surface area (Å²) in [6, 6.07) is 5.63. The van der Waals surface area contributed by atoms with Gasteiger partial charge in [-0.25, -0.2) is 9.78 Å². The molecule has 1 saturated carbocycles. The van der Waals surface area contributed by atoms with E-state index in [1.165, 1.54) is 25.3 Å². The summed E-state index contributed by atoms with van der Waals surface area (Å²) < 4.78 is 0. The molecule has 0 aromatic carbocycles. The van der Waals surface area contributed by atoms with E-state index in [9.17, 15) is 4.79 Å². The van der Waals surface area contributed by atoms with Gasteiger partial charge >= 0.3 is 5.97 Å². The van der Waals surface area contributed by atoms with Gasteiger partial charge in [0.05, 0.1) is 0 Å². The molecule has 15 heavy (non-hydrogen) atoms. The van der Waals surface area contributed by atoms with Crippen molar-refractivity contribution in [3.8, 4) is 0 Å². The molecule has 1 N–H and O–H groups in total. The van der Waals surface area contributed by atoms with Gasteiger partial charge in [-0.15, -0.1) is 0 Å². The van der Waals surface area contributed by atoms with Crippen molar-refractivity contribution in [2.24, 2.45) is 0 Å². The first kappa shape index (κ1) is 9.96. The lowest BCUT2D eigenvalue weighted by molar-refractivity contribution is 0.0690. The quantitative estimate of drug-likeness (QED) is 0.818. The lowest BCUT2D eigenvalue weighted by atomic mass is 9.92. The minimum Gasteiger partial charge on any atom is -0.477 e. The standard InChI is InChI=1S/C11H14N2O2/c1-13(8-4-2-5-8)10-7-3-6-9(12-10)11(14)15/h3,6-8H,2,4-5H2,1H3,(H,14,15). The second-order valence-corrected chi connectivity index (χ2v) is 3.88. The van der Waals surface area contributed by atoms with Crippen LogP contribution in [-0.2, 0) is 0 Å². The molecule has 1 aliphatic carbocycles. The fourth-order valence-electron chi connectivity index (χ4n) is 1.70. The summed E-state index contributed by atoms with van der Waals surface area (Å²) in [4.78, 5) is 16.9. The lowest BCUT2D eigenvalue weighted by Crippen LogP contribution is -2.37. The number of hydrogen-bond acceptors (Lipinski definition) is 3. The molecule has 0 aliphatic heterocycles. The van der Waals surface area contributed by atoms with Gasteiger partial charge in [0.2, 0.25) is 0 Å². The monoisotopic (exact) mass is 206 g/mol. The van der Waals surface area contributed by atoms with E-state index in [0.29, 0.717) is 6.04 Å². The van der Waals surface area contributed by atoms with Gasteiger partial charge in [0, 0.05) is 13.1 Å². The molecular formula is C11H14N2O2. The zero-order valence-corrected chi connectivity index (χ0v) is 8.68. The predicted molar refractivity (Wildman–Crippen MR) is 57.2 cm³/mol. The zero-order chi connectivity index (χ0) is 10.8. The molecule has 4 nitrogen and oxygen atoms in total. The SMILES string of the molecule is CN(c1cccc(C(=O)O)n1)C1CCC1. The maximum atomic E-state index is 10.7. The summed E-state index contributed by atoms with van der Waals surface area (Å²) in [7, 11) is 1.97. The first-order valence-corrected chi connectivity index (χ1v) is 5.11. The van der Waals surface area contributed by atoms with E-state index < -0.39 is 5.97 Å². The van der Waals surface area contributed by atoms with Crippen LogP contribution in [0.25, 0.3) is 0 Å². The number of carboxylic acid groups (broad SMARTS) is 1. The van der Waals surface area contributed by atoms with E-state index in [1.807, 2.05) is 13.1 Å². The lowest BCUT2D eigenvalue weighted by Gasteiger charge is -2.35. The number of aromatic nitrogens is 1. The van der Waals surface area contributed by atoms with Crippen molar-refractivity contribution in [2.45, 2.75) is 25.3 Å². The molecule has 4 heteroatoms. The van der Waals surface area contributed by atoms with Crippen molar-refractivity contribution in [2.75, 3.05) is 11.9 Å². The molecule has 1 aromatic heterocycles. The van der Waals surface area contributed by atoms with E-state index >= 15 is 0 Å². The van der Waals surface area contributed by atoms with Gasteiger partial charge in [-0.3, -0.25) is 0 Å². The molecule has 1 heterocycles. The fraction of sp³-hybridized carbons (Fsp3) is 0.455. The number of carboxylic acids is 1. The van der Waals surface area contributed by atoms with Gasteiger partial charge in [-0.1, -0.05) is 6.07 Å². The Morgan fingerprint density at radius 1 is 1.53 bits per heavy atom. The highest BCUT2D eigenvalue weighted by Crippen LogP contribution is 2.26. The van der Waals surface area contributed by atoms with E-state index in [0.717, 1.165) is 5.82 Å². The topological polar surface area (TPSA) is 53.4 Å². The van der Waals surface area contributed by atoms with Gasteiger partial charge in [0.15, 0.2) is 5.69 Å². The van der Waals surface area contributed by atoms with E-state index in [-0.39, 0.29) is 5.69 Å². The van der Waals surface area contributed by atoms with Gasteiger partial charge < -0.3 is 10.0 Å². The highest BCUT2D eigenvalue weighted by Gasteiger charge is 2.23. The van der Waals surface area contributed by atoms with Gasteiger partial charge in [0.1, 0.15) is 5.82 Å². The summed E-state index contributed by atoms with van der Waals surface area (Å²) >= 11 is 0. The number of hydrogen-bond donors (Lipinski definition) is 1. The molecule has 0 spiro atoms. The van der Waals surface area contributed by atoms with Crippen LogP contribution in [-0.4, -0.2) is 29.1 Å². The number of carbonyl (C=O) groups is 1. The highest BCUT2D eigenvalue weighted by atomic mass is 16.4. The molecular weight excluding hydrogens is 192 g/mol. The van der Waals surface area contributed by atoms with Crippen LogP contribution in [0.15, 0.2) is 18.2 Å². The van der Waals surface area contributed by atoms with E-state index in [1.54, 1.807) is 6.07 Å². The van der Waals surface area contributed by atoms with Crippen LogP contribution >= 0.6 is 0 Å². The van der Waals surface area contributed by atoms with Crippen molar-refractivity contribution in [1.82, 2.24) is 4.98 Å². The normalized spacial score (nSPS) is 15.8. The number of rotatable bonds is 3. The van der Waals surface area contributed by atoms with Crippen molar-refractivity contribution >= 4 is 11.8 Å². The smallest absolute Gasteiger partial charge is 0.354 e. The number of aromatic carboxylic acids is 1. The van der Waals surface area contributed by atoms with Crippen LogP contribution in [0.2, 0.25) is 0 Å². The van der Waals surface area contributed by atoms with E-state index in [2.05, 4.69) is 9.88 Å². The molecule has 0 radical (unpaired) electrons. The zero-order valence-electron chi connectivity index (χ0n) is 8.68. The third-order valence-corrected chi connectivity index (χ3v) is 2.94. The van der Waals surface area contributed by atoms with Crippen LogP contribution in [0, 0.1) is 0 Å². The molecule has 1 fully saturated rings. The second-order valence-electron chi connectivity index (χ2n) is 3.88. The van der Waals surface area contributed by atoms with Crippen molar-refractivity contribution in [3.05, 3.63) is 23.9 Å². The van der Waals surface area contributed by atoms with Gasteiger partial charge in [-0.05, 0) is 31.4 Å². The average molecular weight is 206 g/mol. The Balaban J connectivity index is 2.19. The Labute approximate surface area is 88.6 Å². The number of nitrogens with zero attached hydrogens (tertiary/aromatic N) is 2. The summed E-state index contributed by atoms with van der Waals surface area (Å²) in [5, 5.41) is 8.82. The summed E-state index contributed by atoms with van der Waals surface area (Å²) in [6.07, 6.45) is 3.61. The van der Waals surface area contributed by atoms with Crippen molar-refractivity contribution in [3.63, 3.8) is 0 Å². The molecule has 80 valence electrons. The molecule has 0 saturated heterocycles. The summed E-state index contributed by atoms with van der Waals surface area (Å²) in [5.41, 5.74) is 0.110. The Kier molecular flexibility index (Phi) is 2.58. The van der Waals surface area contributed by atoms with Gasteiger partial charge in [-0.2, -0.15) is 0 Å². The molecule has 1 aromatic rings. The summed E-state index contributed by atoms with van der Waals surface area (Å²) in [6.45, 7) is 0. The predicted octanol–water partition coefficient (Wildman–Crippen LogP) is 1.77. The fourth-order valence-corrected chi connectivity index (χ4v) is 1.70. The third kappa shape index (κ3) is 1.93. The van der Waals surface area contributed by atoms with Crippen molar-refractivity contribution in [1.29, 1.82) is 0 Å². The van der Waals surface area contributed by atoms with Crippen LogP contribution in [0.3, 0.4) is 0 Å². The second kappa shape index (κ2) is 3.88. The van der Waals surface area contributed by atoms with E-state index in [4.69, 9.17) is 5.11 Å².